The van der Waals surface area contributed by atoms with Crippen molar-refractivity contribution in [3.05, 3.63) is 35.1 Å². The third-order valence-corrected chi connectivity index (χ3v) is 2.50. The summed E-state index contributed by atoms with van der Waals surface area (Å²) in [5.41, 5.74) is 0.824. The average molecular weight is 236 g/mol. The molecule has 0 bridgehead atoms. The first-order valence-electron chi connectivity index (χ1n) is 5.74. The van der Waals surface area contributed by atoms with E-state index in [0.717, 1.165) is 12.8 Å². The van der Waals surface area contributed by atoms with E-state index in [1.807, 2.05) is 13.0 Å². The van der Waals surface area contributed by atoms with E-state index in [-0.39, 0.29) is 11.9 Å². The Labute approximate surface area is 101 Å². The van der Waals surface area contributed by atoms with Crippen LogP contribution >= 0.6 is 0 Å². The first-order chi connectivity index (χ1) is 8.17. The maximum atomic E-state index is 13.5. The van der Waals surface area contributed by atoms with E-state index in [4.69, 9.17) is 5.26 Å². The minimum absolute atomic E-state index is 0.317. The molecular weight excluding hydrogens is 219 g/mol. The van der Waals surface area contributed by atoms with Crippen LogP contribution in [0.3, 0.4) is 0 Å². The number of rotatable bonds is 6. The van der Waals surface area contributed by atoms with Crippen LogP contribution in [0.15, 0.2) is 18.2 Å². The van der Waals surface area contributed by atoms with Crippen molar-refractivity contribution in [2.24, 2.45) is 0 Å². The van der Waals surface area contributed by atoms with Gasteiger partial charge in [0.2, 0.25) is 0 Å². The molecule has 1 atom stereocenters. The molecule has 0 spiro atoms. The molecule has 1 aromatic rings. The van der Waals surface area contributed by atoms with Crippen molar-refractivity contribution >= 4 is 0 Å². The minimum Gasteiger partial charge on any atom is -0.392 e. The zero-order valence-corrected chi connectivity index (χ0v) is 9.91. The van der Waals surface area contributed by atoms with Crippen LogP contribution in [0.25, 0.3) is 0 Å². The summed E-state index contributed by atoms with van der Waals surface area (Å²) in [6.07, 6.45) is 1.28. The highest BCUT2D eigenvalue weighted by Crippen LogP contribution is 2.09. The Morgan fingerprint density at radius 2 is 2.29 bits per heavy atom. The molecule has 0 saturated heterocycles. The summed E-state index contributed by atoms with van der Waals surface area (Å²) >= 11 is 0. The fourth-order valence-corrected chi connectivity index (χ4v) is 1.57. The van der Waals surface area contributed by atoms with Crippen LogP contribution in [0, 0.1) is 17.1 Å². The van der Waals surface area contributed by atoms with Gasteiger partial charge in [-0.15, -0.1) is 0 Å². The van der Waals surface area contributed by atoms with E-state index in [9.17, 15) is 9.50 Å². The number of nitrogens with one attached hydrogen (secondary N) is 1. The van der Waals surface area contributed by atoms with Gasteiger partial charge < -0.3 is 10.4 Å². The van der Waals surface area contributed by atoms with Gasteiger partial charge in [-0.2, -0.15) is 5.26 Å². The van der Waals surface area contributed by atoms with Crippen molar-refractivity contribution in [3.8, 4) is 6.07 Å². The molecule has 1 unspecified atom stereocenters. The van der Waals surface area contributed by atoms with E-state index in [1.165, 1.54) is 6.07 Å². The second-order valence-electron chi connectivity index (χ2n) is 3.99. The molecule has 0 aromatic heterocycles. The van der Waals surface area contributed by atoms with Gasteiger partial charge in [0.15, 0.2) is 0 Å². The third kappa shape index (κ3) is 4.51. The number of benzene rings is 1. The fraction of sp³-hybridized carbons (Fsp3) is 0.462. The lowest BCUT2D eigenvalue weighted by Crippen LogP contribution is -2.26. The average Bonchev–Trinajstić information content (AvgIpc) is 2.31. The molecule has 17 heavy (non-hydrogen) atoms. The van der Waals surface area contributed by atoms with E-state index in [0.29, 0.717) is 24.2 Å². The van der Waals surface area contributed by atoms with Crippen molar-refractivity contribution in [1.29, 1.82) is 5.26 Å². The highest BCUT2D eigenvalue weighted by Gasteiger charge is 2.05. The second-order valence-corrected chi connectivity index (χ2v) is 3.99. The van der Waals surface area contributed by atoms with Crippen LogP contribution in [-0.4, -0.2) is 17.8 Å². The molecule has 3 nitrogen and oxygen atoms in total. The molecule has 0 aliphatic rings. The van der Waals surface area contributed by atoms with E-state index in [1.54, 1.807) is 12.1 Å². The number of nitriles is 1. The highest BCUT2D eigenvalue weighted by molar-refractivity contribution is 5.32. The number of halogens is 1. The Hall–Kier alpha value is -1.44. The van der Waals surface area contributed by atoms with Crippen molar-refractivity contribution in [2.75, 3.05) is 6.54 Å². The quantitative estimate of drug-likeness (QED) is 0.793. The predicted molar refractivity (Wildman–Crippen MR) is 63.7 cm³/mol. The summed E-state index contributed by atoms with van der Waals surface area (Å²) in [7, 11) is 0. The van der Waals surface area contributed by atoms with Gasteiger partial charge in [0.05, 0.1) is 17.7 Å². The van der Waals surface area contributed by atoms with Crippen LogP contribution < -0.4 is 5.32 Å². The van der Waals surface area contributed by atoms with Crippen molar-refractivity contribution in [1.82, 2.24) is 5.32 Å². The standard InChI is InChI=1S/C13H17FN2O/c1-2-3-12(17)9-16-8-11-5-4-10(7-15)6-13(11)14/h4-6,12,16-17H,2-3,8-9H2,1H3. The van der Waals surface area contributed by atoms with Crippen LogP contribution in [0.2, 0.25) is 0 Å². The summed E-state index contributed by atoms with van der Waals surface area (Å²) in [4.78, 5) is 0. The molecule has 0 amide bonds. The fourth-order valence-electron chi connectivity index (χ4n) is 1.57. The maximum Gasteiger partial charge on any atom is 0.129 e. The molecule has 0 saturated carbocycles. The lowest BCUT2D eigenvalue weighted by Gasteiger charge is -2.11. The molecular formula is C13H17FN2O. The van der Waals surface area contributed by atoms with E-state index < -0.39 is 0 Å². The maximum absolute atomic E-state index is 13.5. The molecule has 2 N–H and O–H groups in total. The van der Waals surface area contributed by atoms with Gasteiger partial charge in [0.25, 0.3) is 0 Å². The van der Waals surface area contributed by atoms with Crippen LogP contribution in [0.5, 0.6) is 0 Å². The van der Waals surface area contributed by atoms with Crippen LogP contribution in [0.1, 0.15) is 30.9 Å². The molecule has 92 valence electrons. The number of nitrogens with zero attached hydrogens (tertiary/aromatic N) is 1. The molecule has 1 rings (SSSR count). The van der Waals surface area contributed by atoms with Crippen LogP contribution in [0.4, 0.5) is 4.39 Å². The molecule has 0 aliphatic carbocycles. The van der Waals surface area contributed by atoms with Crippen LogP contribution in [-0.2, 0) is 6.54 Å². The molecule has 1 aromatic carbocycles. The van der Waals surface area contributed by atoms with Gasteiger partial charge in [-0.1, -0.05) is 19.4 Å². The molecule has 4 heteroatoms. The predicted octanol–water partition coefficient (Wildman–Crippen LogP) is 1.95. The largest absolute Gasteiger partial charge is 0.392 e. The van der Waals surface area contributed by atoms with Gasteiger partial charge >= 0.3 is 0 Å². The summed E-state index contributed by atoms with van der Waals surface area (Å²) in [5, 5.41) is 21.1. The zero-order valence-electron chi connectivity index (χ0n) is 9.91. The Balaban J connectivity index is 2.45. The third-order valence-electron chi connectivity index (χ3n) is 2.50. The zero-order chi connectivity index (χ0) is 12.7. The Morgan fingerprint density at radius 3 is 2.88 bits per heavy atom. The first kappa shape index (κ1) is 13.6. The van der Waals surface area contributed by atoms with Gasteiger partial charge in [-0.05, 0) is 18.6 Å². The minimum atomic E-state index is -0.388. The summed E-state index contributed by atoms with van der Waals surface area (Å²) in [6.45, 7) is 2.81. The van der Waals surface area contributed by atoms with Crippen molar-refractivity contribution in [3.63, 3.8) is 0 Å². The SMILES string of the molecule is CCCC(O)CNCc1ccc(C#N)cc1F. The normalized spacial score (nSPS) is 12.1. The first-order valence-corrected chi connectivity index (χ1v) is 5.74. The number of hydrogen-bond acceptors (Lipinski definition) is 3. The number of hydrogen-bond donors (Lipinski definition) is 2. The lowest BCUT2D eigenvalue weighted by molar-refractivity contribution is 0.160. The van der Waals surface area contributed by atoms with Gasteiger partial charge in [-0.3, -0.25) is 0 Å². The monoisotopic (exact) mass is 236 g/mol. The van der Waals surface area contributed by atoms with Crippen molar-refractivity contribution < 1.29 is 9.50 Å². The number of aliphatic hydroxyl groups is 1. The highest BCUT2D eigenvalue weighted by atomic mass is 19.1. The summed E-state index contributed by atoms with van der Waals surface area (Å²) in [5.74, 6) is -0.387. The van der Waals surface area contributed by atoms with Crippen molar-refractivity contribution in [2.45, 2.75) is 32.4 Å². The molecule has 0 fully saturated rings. The van der Waals surface area contributed by atoms with Gasteiger partial charge in [-0.25, -0.2) is 4.39 Å². The number of aliphatic hydroxyl groups excluding tert-OH is 1. The Bertz CT molecular complexity index is 401. The molecule has 0 radical (unpaired) electrons. The van der Waals surface area contributed by atoms with E-state index in [2.05, 4.69) is 5.32 Å². The lowest BCUT2D eigenvalue weighted by atomic mass is 10.1. The summed E-state index contributed by atoms with van der Waals surface area (Å²) in [6, 6.07) is 6.28. The Morgan fingerprint density at radius 1 is 1.53 bits per heavy atom. The van der Waals surface area contributed by atoms with Gasteiger partial charge in [0, 0.05) is 18.7 Å². The summed E-state index contributed by atoms with van der Waals surface area (Å²) < 4.78 is 13.5. The van der Waals surface area contributed by atoms with Gasteiger partial charge in [0.1, 0.15) is 5.82 Å². The second kappa shape index (κ2) is 7.00. The topological polar surface area (TPSA) is 56.0 Å². The smallest absolute Gasteiger partial charge is 0.129 e. The molecule has 0 heterocycles. The van der Waals surface area contributed by atoms with E-state index >= 15 is 0 Å². The Kier molecular flexibility index (Phi) is 5.61. The molecule has 0 aliphatic heterocycles.